The summed E-state index contributed by atoms with van der Waals surface area (Å²) in [5.41, 5.74) is 18.0. The quantitative estimate of drug-likeness (QED) is 0.541. The zero-order valence-electron chi connectivity index (χ0n) is 12.1. The van der Waals surface area contributed by atoms with E-state index in [1.165, 1.54) is 12.1 Å². The Hall–Kier alpha value is -2.89. The van der Waals surface area contributed by atoms with Crippen molar-refractivity contribution in [1.29, 1.82) is 0 Å². The minimum Gasteiger partial charge on any atom is -0.399 e. The lowest BCUT2D eigenvalue weighted by atomic mass is 10.1. The maximum absolute atomic E-state index is 11.9. The van der Waals surface area contributed by atoms with Crippen molar-refractivity contribution in [3.05, 3.63) is 66.2 Å². The summed E-state index contributed by atoms with van der Waals surface area (Å²) < 4.78 is 35.6. The second kappa shape index (κ2) is 6.48. The van der Waals surface area contributed by atoms with Gasteiger partial charge in [0.1, 0.15) is 0 Å². The third-order valence-corrected chi connectivity index (χ3v) is 3.23. The molecule has 6 heteroatoms. The third kappa shape index (κ3) is 4.06. The van der Waals surface area contributed by atoms with E-state index in [2.05, 4.69) is 0 Å². The zero-order valence-corrected chi connectivity index (χ0v) is 12.1. The summed E-state index contributed by atoms with van der Waals surface area (Å²) >= 11 is 0. The van der Waals surface area contributed by atoms with Gasteiger partial charge in [-0.1, -0.05) is 24.3 Å². The van der Waals surface area contributed by atoms with Crippen LogP contribution in [0, 0.1) is 0 Å². The molecule has 3 aromatic carbocycles. The molecule has 0 fully saturated rings. The Labute approximate surface area is 131 Å². The number of alkyl halides is 3. The van der Waals surface area contributed by atoms with Gasteiger partial charge in [0.05, 0.1) is 5.56 Å². The highest BCUT2D eigenvalue weighted by molar-refractivity contribution is 6.00. The highest BCUT2D eigenvalue weighted by Gasteiger charge is 2.29. The molecule has 23 heavy (non-hydrogen) atoms. The first-order valence-corrected chi connectivity index (χ1v) is 6.74. The average Bonchev–Trinajstić information content (AvgIpc) is 2.51. The topological polar surface area (TPSA) is 78.1 Å². The Bertz CT molecular complexity index is 756. The molecule has 0 radical (unpaired) electrons. The summed E-state index contributed by atoms with van der Waals surface area (Å²) in [6.45, 7) is 0. The fourth-order valence-electron chi connectivity index (χ4n) is 2.02. The van der Waals surface area contributed by atoms with Crippen LogP contribution in [0.1, 0.15) is 5.56 Å². The van der Waals surface area contributed by atoms with Crippen molar-refractivity contribution < 1.29 is 13.2 Å². The molecule has 0 unspecified atom stereocenters. The van der Waals surface area contributed by atoms with Crippen molar-refractivity contribution in [3.63, 3.8) is 0 Å². The Morgan fingerprint density at radius 2 is 1.04 bits per heavy atom. The Kier molecular flexibility index (Phi) is 4.64. The summed E-state index contributed by atoms with van der Waals surface area (Å²) in [4.78, 5) is 0. The minimum absolute atomic E-state index is 0.331. The number of anilines is 3. The maximum Gasteiger partial charge on any atom is 0.416 e. The molecule has 0 heterocycles. The largest absolute Gasteiger partial charge is 0.416 e. The van der Waals surface area contributed by atoms with E-state index in [9.17, 15) is 13.2 Å². The standard InChI is InChI=1S/C10H10N2.C7H6F3N/c11-9-5-6-10(12)8-4-2-1-3-7(8)9;8-7(9,10)5-1-3-6(11)4-2-5/h1-6H,11-12H2;1-4H,11H2. The molecule has 0 aliphatic carbocycles. The first-order valence-electron chi connectivity index (χ1n) is 6.74. The number of fused-ring (bicyclic) bond motifs is 1. The molecule has 0 spiro atoms. The van der Waals surface area contributed by atoms with E-state index in [1.54, 1.807) is 0 Å². The van der Waals surface area contributed by atoms with Gasteiger partial charge in [-0.3, -0.25) is 0 Å². The molecule has 0 atom stereocenters. The normalized spacial score (nSPS) is 10.9. The number of halogens is 3. The Balaban J connectivity index is 0.000000168. The van der Waals surface area contributed by atoms with Crippen LogP contribution < -0.4 is 17.2 Å². The lowest BCUT2D eigenvalue weighted by Crippen LogP contribution is -2.04. The molecule has 0 bridgehead atoms. The van der Waals surface area contributed by atoms with Crippen molar-refractivity contribution in [2.45, 2.75) is 6.18 Å². The summed E-state index contributed by atoms with van der Waals surface area (Å²) in [6, 6.07) is 15.9. The molecular formula is C17H16F3N3. The van der Waals surface area contributed by atoms with E-state index < -0.39 is 11.7 Å². The second-order valence-electron chi connectivity index (χ2n) is 4.91. The predicted molar refractivity (Wildman–Crippen MR) is 88.6 cm³/mol. The van der Waals surface area contributed by atoms with E-state index in [4.69, 9.17) is 17.2 Å². The SMILES string of the molecule is Nc1ccc(C(F)(F)F)cc1.Nc1ccc(N)c2ccccc12. The third-order valence-electron chi connectivity index (χ3n) is 3.23. The van der Waals surface area contributed by atoms with Crippen LogP contribution in [0.15, 0.2) is 60.7 Å². The van der Waals surface area contributed by atoms with E-state index in [0.29, 0.717) is 5.69 Å². The Morgan fingerprint density at radius 1 is 0.609 bits per heavy atom. The van der Waals surface area contributed by atoms with Crippen LogP contribution in [0.4, 0.5) is 30.2 Å². The van der Waals surface area contributed by atoms with Gasteiger partial charge in [-0.25, -0.2) is 0 Å². The van der Waals surface area contributed by atoms with E-state index in [0.717, 1.165) is 34.3 Å². The molecule has 3 aromatic rings. The molecule has 120 valence electrons. The monoisotopic (exact) mass is 319 g/mol. The highest BCUT2D eigenvalue weighted by atomic mass is 19.4. The number of nitrogen functional groups attached to an aromatic ring is 3. The summed E-state index contributed by atoms with van der Waals surface area (Å²) in [5, 5.41) is 2.05. The molecule has 6 N–H and O–H groups in total. The minimum atomic E-state index is -4.27. The molecule has 0 aliphatic rings. The fourth-order valence-corrected chi connectivity index (χ4v) is 2.02. The number of nitrogens with two attached hydrogens (primary N) is 3. The summed E-state index contributed by atoms with van der Waals surface area (Å²) in [7, 11) is 0. The van der Waals surface area contributed by atoms with Gasteiger partial charge < -0.3 is 17.2 Å². The molecular weight excluding hydrogens is 303 g/mol. The number of hydrogen-bond donors (Lipinski definition) is 3. The number of hydrogen-bond acceptors (Lipinski definition) is 3. The smallest absolute Gasteiger partial charge is 0.399 e. The molecule has 0 aliphatic heterocycles. The molecule has 0 aromatic heterocycles. The van der Waals surface area contributed by atoms with Crippen molar-refractivity contribution in [2.24, 2.45) is 0 Å². The summed E-state index contributed by atoms with van der Waals surface area (Å²) in [5.74, 6) is 0. The van der Waals surface area contributed by atoms with E-state index in [1.807, 2.05) is 36.4 Å². The first-order chi connectivity index (χ1) is 10.8. The van der Waals surface area contributed by atoms with Gasteiger partial charge in [-0.2, -0.15) is 13.2 Å². The number of benzene rings is 3. The van der Waals surface area contributed by atoms with E-state index >= 15 is 0 Å². The van der Waals surface area contributed by atoms with Gasteiger partial charge in [0, 0.05) is 27.8 Å². The van der Waals surface area contributed by atoms with Gasteiger partial charge in [0.25, 0.3) is 0 Å². The first kappa shape index (κ1) is 16.5. The average molecular weight is 319 g/mol. The zero-order chi connectivity index (χ0) is 17.0. The van der Waals surface area contributed by atoms with Gasteiger partial charge in [0.2, 0.25) is 0 Å². The maximum atomic E-state index is 11.9. The Morgan fingerprint density at radius 3 is 1.43 bits per heavy atom. The lowest BCUT2D eigenvalue weighted by molar-refractivity contribution is -0.137. The second-order valence-corrected chi connectivity index (χ2v) is 4.91. The molecule has 0 saturated carbocycles. The fraction of sp³-hybridized carbons (Fsp3) is 0.0588. The molecule has 0 saturated heterocycles. The van der Waals surface area contributed by atoms with Crippen LogP contribution >= 0.6 is 0 Å². The van der Waals surface area contributed by atoms with Gasteiger partial charge in [-0.05, 0) is 36.4 Å². The van der Waals surface area contributed by atoms with Crippen molar-refractivity contribution >= 4 is 27.8 Å². The van der Waals surface area contributed by atoms with Gasteiger partial charge in [0.15, 0.2) is 0 Å². The predicted octanol–water partition coefficient (Wildman–Crippen LogP) is 4.29. The molecule has 3 rings (SSSR count). The van der Waals surface area contributed by atoms with Crippen molar-refractivity contribution in [2.75, 3.05) is 17.2 Å². The van der Waals surface area contributed by atoms with Crippen LogP contribution in [0.5, 0.6) is 0 Å². The van der Waals surface area contributed by atoms with Crippen LogP contribution in [0.2, 0.25) is 0 Å². The molecule has 0 amide bonds. The molecule has 3 nitrogen and oxygen atoms in total. The van der Waals surface area contributed by atoms with Crippen LogP contribution in [0.3, 0.4) is 0 Å². The van der Waals surface area contributed by atoms with Crippen LogP contribution in [0.25, 0.3) is 10.8 Å². The van der Waals surface area contributed by atoms with Crippen LogP contribution in [-0.4, -0.2) is 0 Å². The van der Waals surface area contributed by atoms with Crippen molar-refractivity contribution in [3.8, 4) is 0 Å². The number of rotatable bonds is 0. The van der Waals surface area contributed by atoms with Gasteiger partial charge >= 0.3 is 6.18 Å². The lowest BCUT2D eigenvalue weighted by Gasteiger charge is -2.05. The van der Waals surface area contributed by atoms with Gasteiger partial charge in [-0.15, -0.1) is 0 Å². The van der Waals surface area contributed by atoms with E-state index in [-0.39, 0.29) is 0 Å². The van der Waals surface area contributed by atoms with Crippen LogP contribution in [-0.2, 0) is 6.18 Å². The highest BCUT2D eigenvalue weighted by Crippen LogP contribution is 2.29. The summed E-state index contributed by atoms with van der Waals surface area (Å²) in [6.07, 6.45) is -4.27. The van der Waals surface area contributed by atoms with Crippen molar-refractivity contribution in [1.82, 2.24) is 0 Å².